The summed E-state index contributed by atoms with van der Waals surface area (Å²) in [6.45, 7) is 30.2. The van der Waals surface area contributed by atoms with Crippen molar-refractivity contribution in [2.24, 2.45) is 0 Å². The van der Waals surface area contributed by atoms with Gasteiger partial charge in [0.2, 0.25) is 0 Å². The molecule has 606 valence electrons. The van der Waals surface area contributed by atoms with Gasteiger partial charge in [0, 0.05) is 77.9 Å². The molecule has 4 nitrogen and oxygen atoms in total. The van der Waals surface area contributed by atoms with Crippen LogP contribution in [-0.2, 0) is 10.8 Å². The second-order valence-corrected chi connectivity index (χ2v) is 37.9. The van der Waals surface area contributed by atoms with Crippen molar-refractivity contribution >= 4 is 101 Å². The van der Waals surface area contributed by atoms with Crippen molar-refractivity contribution in [3.63, 3.8) is 0 Å². The van der Waals surface area contributed by atoms with E-state index in [4.69, 9.17) is 0 Å². The zero-order valence-electron chi connectivity index (χ0n) is 73.8. The molecule has 2 aromatic heterocycles. The zero-order valence-corrected chi connectivity index (χ0v) is 73.8. The SMILES string of the molecule is Cc1cc2c3c(c1)N(c1c(-c4ccccc4)cc(C(C)(C)C)cc1-c1cccc(-c4cccc(-c5ccccc5)c4)c1)c1cc(-n4c5ccc(C(C)C)cc5c5cc(C(C)C)ccc54)ccc1B3c1ccc(-n3c4ccccc4c4cc(C(C)C)ccc43)cc1N2c1c(-c2ccccc2)cc(C(C)(C)C)cc1-c1cccc(-c2cccc(-c3ccccc3)c2)c1. The molecular formula is C120H103BN4. The minimum atomic E-state index is -0.288. The minimum absolute atomic E-state index is 0.260. The Bertz CT molecular complexity index is 7390. The topological polar surface area (TPSA) is 16.3 Å². The highest BCUT2D eigenvalue weighted by Crippen LogP contribution is 2.56. The molecule has 0 fully saturated rings. The molecule has 0 unspecified atom stereocenters. The van der Waals surface area contributed by atoms with Crippen molar-refractivity contribution in [1.29, 1.82) is 0 Å². The number of aromatic nitrogens is 2. The van der Waals surface area contributed by atoms with E-state index in [0.29, 0.717) is 17.8 Å². The minimum Gasteiger partial charge on any atom is -0.310 e. The van der Waals surface area contributed by atoms with E-state index in [-0.39, 0.29) is 17.5 Å². The first-order chi connectivity index (χ1) is 60.6. The maximum Gasteiger partial charge on any atom is 0.252 e. The largest absolute Gasteiger partial charge is 0.310 e. The van der Waals surface area contributed by atoms with Crippen LogP contribution < -0.4 is 26.2 Å². The fourth-order valence-corrected chi connectivity index (χ4v) is 20.0. The molecule has 5 heteroatoms. The second kappa shape index (κ2) is 30.8. The molecule has 2 aliphatic heterocycles. The van der Waals surface area contributed by atoms with E-state index >= 15 is 0 Å². The van der Waals surface area contributed by atoms with E-state index in [1.807, 2.05) is 0 Å². The lowest BCUT2D eigenvalue weighted by Crippen LogP contribution is -2.61. The summed E-state index contributed by atoms with van der Waals surface area (Å²) in [6, 6.07) is 142. The quantitative estimate of drug-likeness (QED) is 0.0951. The second-order valence-electron chi connectivity index (χ2n) is 37.9. The molecule has 0 amide bonds. The Hall–Kier alpha value is -14.0. The number of aryl methyl sites for hydroxylation is 1. The molecule has 0 N–H and O–H groups in total. The summed E-state index contributed by atoms with van der Waals surface area (Å²) in [7, 11) is 0. The first kappa shape index (κ1) is 78.3. The van der Waals surface area contributed by atoms with E-state index in [1.54, 1.807) is 0 Å². The van der Waals surface area contributed by atoms with Gasteiger partial charge in [-0.05, 0) is 279 Å². The van der Waals surface area contributed by atoms with Gasteiger partial charge in [-0.1, -0.05) is 326 Å². The van der Waals surface area contributed by atoms with Crippen molar-refractivity contribution < 1.29 is 0 Å². The molecule has 0 atom stereocenters. The number of anilines is 6. The molecule has 21 rings (SSSR count). The fourth-order valence-electron chi connectivity index (χ4n) is 20.0. The summed E-state index contributed by atoms with van der Waals surface area (Å²) in [5.74, 6) is 1.05. The average Bonchev–Trinajstić information content (AvgIpc) is 1.07. The van der Waals surface area contributed by atoms with Gasteiger partial charge in [0.1, 0.15) is 0 Å². The predicted octanol–water partition coefficient (Wildman–Crippen LogP) is 31.6. The molecule has 0 saturated carbocycles. The Morgan fingerprint density at radius 1 is 0.240 bits per heavy atom. The number of fused-ring (bicyclic) bond motifs is 10. The van der Waals surface area contributed by atoms with Crippen LogP contribution in [0.1, 0.15) is 134 Å². The van der Waals surface area contributed by atoms with E-state index in [0.717, 1.165) is 118 Å². The van der Waals surface area contributed by atoms with Crippen LogP contribution in [0.2, 0.25) is 0 Å². The summed E-state index contributed by atoms with van der Waals surface area (Å²) >= 11 is 0. The number of hydrogen-bond acceptors (Lipinski definition) is 2. The van der Waals surface area contributed by atoms with Crippen molar-refractivity contribution in [2.45, 2.75) is 119 Å². The maximum atomic E-state index is 2.76. The summed E-state index contributed by atoms with van der Waals surface area (Å²) < 4.78 is 5.12. The third-order valence-corrected chi connectivity index (χ3v) is 26.7. The fraction of sp³-hybridized carbons (Fsp3) is 0.150. The molecule has 0 radical (unpaired) electrons. The van der Waals surface area contributed by atoms with Crippen LogP contribution in [0.25, 0.3) is 144 Å². The average molecular weight is 1610 g/mol. The number of hydrogen-bond donors (Lipinski definition) is 0. The molecule has 0 aliphatic carbocycles. The van der Waals surface area contributed by atoms with E-state index in [9.17, 15) is 0 Å². The lowest BCUT2D eigenvalue weighted by atomic mass is 9.33. The molecule has 19 aromatic rings. The maximum absolute atomic E-state index is 2.76. The highest BCUT2D eigenvalue weighted by atomic mass is 15.2. The molecule has 0 saturated heterocycles. The summed E-state index contributed by atoms with van der Waals surface area (Å²) in [5, 5.41) is 5.02. The van der Waals surface area contributed by atoms with E-state index in [1.165, 1.54) is 110 Å². The number of benzene rings is 17. The number of nitrogens with zero attached hydrogens (tertiary/aromatic N) is 4. The third kappa shape index (κ3) is 13.7. The lowest BCUT2D eigenvalue weighted by molar-refractivity contribution is 0.590. The molecule has 17 aromatic carbocycles. The number of rotatable bonds is 15. The van der Waals surface area contributed by atoms with Gasteiger partial charge < -0.3 is 18.9 Å². The summed E-state index contributed by atoms with van der Waals surface area (Å²) in [4.78, 5) is 5.51. The Morgan fingerprint density at radius 3 is 0.896 bits per heavy atom. The zero-order chi connectivity index (χ0) is 85.4. The van der Waals surface area contributed by atoms with E-state index < -0.39 is 0 Å². The third-order valence-electron chi connectivity index (χ3n) is 26.7. The van der Waals surface area contributed by atoms with Gasteiger partial charge in [-0.3, -0.25) is 0 Å². The first-order valence-electron chi connectivity index (χ1n) is 44.8. The normalized spacial score (nSPS) is 12.7. The molecular weight excluding hydrogens is 1510 g/mol. The Labute approximate surface area is 737 Å². The van der Waals surface area contributed by atoms with E-state index in [2.05, 4.69) is 479 Å². The lowest BCUT2D eigenvalue weighted by Gasteiger charge is -2.46. The number of para-hydroxylation sites is 1. The molecule has 4 heterocycles. The summed E-state index contributed by atoms with van der Waals surface area (Å²) in [5.41, 5.74) is 42.9. The molecule has 0 spiro atoms. The van der Waals surface area contributed by atoms with Gasteiger partial charge >= 0.3 is 0 Å². The Kier molecular flexibility index (Phi) is 19.3. The van der Waals surface area contributed by atoms with Gasteiger partial charge in [-0.25, -0.2) is 0 Å². The highest BCUT2D eigenvalue weighted by molar-refractivity contribution is 7.00. The molecule has 125 heavy (non-hydrogen) atoms. The van der Waals surface area contributed by atoms with Gasteiger partial charge in [0.15, 0.2) is 0 Å². The Balaban J connectivity index is 0.907. The van der Waals surface area contributed by atoms with Crippen LogP contribution >= 0.6 is 0 Å². The predicted molar refractivity (Wildman–Crippen MR) is 537 cm³/mol. The van der Waals surface area contributed by atoms with Gasteiger partial charge in [-0.2, -0.15) is 0 Å². The van der Waals surface area contributed by atoms with Crippen molar-refractivity contribution in [1.82, 2.24) is 9.13 Å². The Morgan fingerprint density at radius 2 is 0.536 bits per heavy atom. The van der Waals surface area contributed by atoms with Crippen LogP contribution in [0.3, 0.4) is 0 Å². The van der Waals surface area contributed by atoms with Crippen LogP contribution in [0.15, 0.2) is 370 Å². The molecule has 0 bridgehead atoms. The van der Waals surface area contributed by atoms with Crippen LogP contribution in [0, 0.1) is 6.92 Å². The van der Waals surface area contributed by atoms with Crippen LogP contribution in [0.4, 0.5) is 34.1 Å². The van der Waals surface area contributed by atoms with Crippen molar-refractivity contribution in [3.05, 3.63) is 403 Å². The van der Waals surface area contributed by atoms with Crippen molar-refractivity contribution in [2.75, 3.05) is 9.80 Å². The first-order valence-corrected chi connectivity index (χ1v) is 44.8. The van der Waals surface area contributed by atoms with Crippen molar-refractivity contribution in [3.8, 4) is 100 Å². The van der Waals surface area contributed by atoms with Crippen LogP contribution in [-0.4, -0.2) is 15.8 Å². The monoisotopic (exact) mass is 1610 g/mol. The summed E-state index contributed by atoms with van der Waals surface area (Å²) in [6.07, 6.45) is 0. The van der Waals surface area contributed by atoms with Gasteiger partial charge in [0.25, 0.3) is 6.71 Å². The van der Waals surface area contributed by atoms with Crippen LogP contribution in [0.5, 0.6) is 0 Å². The van der Waals surface area contributed by atoms with Gasteiger partial charge in [-0.15, -0.1) is 0 Å². The van der Waals surface area contributed by atoms with Gasteiger partial charge in [0.05, 0.1) is 33.4 Å². The molecule has 2 aliphatic rings. The highest BCUT2D eigenvalue weighted by Gasteiger charge is 2.46. The smallest absolute Gasteiger partial charge is 0.252 e. The standard InChI is InChI=1S/C120H103BN4/c1-75(2)83-50-57-109-103(66-83)98-48-26-27-49-108(98)122(109)96-53-55-106-112(73-96)124(117-99(81-36-22-16-23-37-81)69-94(119(8,9)10)71-101(117)92-46-30-44-90(64-92)88-42-28-40-86(62-88)79-32-18-14-19-33-79)114-60-78(7)61-115-116(114)121(106)107-56-54-97(123-110-58-51-84(76(3)4)67-104(110)105-68-85(77(5)6)52-59-111(105)123)74-113(107)125(115)118-100(82-38-24-17-25-39-82)70-95(120(11,12)13)72-102(118)93-47-31-45-91(65-93)89-43-29-41-87(63-89)80-34-20-15-21-35-80/h14-77H,1-13H3.